The molecule has 0 spiro atoms. The van der Waals surface area contributed by atoms with Gasteiger partial charge in [0.15, 0.2) is 0 Å². The summed E-state index contributed by atoms with van der Waals surface area (Å²) in [4.78, 5) is 11.8. The Morgan fingerprint density at radius 1 is 2.00 bits per heavy atom. The molecular weight excluding hydrogens is 353 g/mol. The van der Waals surface area contributed by atoms with Crippen molar-refractivity contribution in [3.8, 4) is 0 Å². The topological polar surface area (TPSA) is 20.3 Å². The van der Waals surface area contributed by atoms with Gasteiger partial charge in [-0.2, -0.15) is 0 Å². The average molecular weight is 358 g/mol. The molecule has 4 heteroatoms. The van der Waals surface area contributed by atoms with Gasteiger partial charge in [-0.15, -0.1) is 0 Å². The van der Waals surface area contributed by atoms with Gasteiger partial charge in [0.2, 0.25) is 0 Å². The first-order chi connectivity index (χ1) is 3.18. The Balaban J connectivity index is 3.34. The molecule has 0 aliphatic rings. The number of amides is 1. The van der Waals surface area contributed by atoms with Crippen LogP contribution in [0.5, 0.6) is 0 Å². The molecule has 3 radical (unpaired) electrons. The molecule has 0 aromatic heterocycles. The molecule has 0 aliphatic carbocycles. The second kappa shape index (κ2) is 3.82. The van der Waals surface area contributed by atoms with Crippen molar-refractivity contribution < 1.29 is 4.79 Å². The van der Waals surface area contributed by atoms with Crippen LogP contribution in [0.15, 0.2) is 0 Å². The third-order valence-electron chi connectivity index (χ3n) is 0.537. The fourth-order valence-corrected chi connectivity index (χ4v) is 1.65. The standard InChI is InChI=1S/C3H5BrNO.Pb/c1-5(2)3(4)6;/h1H2,2H3;. The molecule has 0 saturated heterocycles. The molecule has 0 N–H and O–H groups in total. The molecule has 0 heterocycles. The van der Waals surface area contributed by atoms with Crippen LogP contribution in [0.3, 0.4) is 0 Å². The van der Waals surface area contributed by atoms with Gasteiger partial charge in [0.05, 0.1) is 0 Å². The Morgan fingerprint density at radius 2 is 2.43 bits per heavy atom. The quantitative estimate of drug-likeness (QED) is 0.381. The van der Waals surface area contributed by atoms with Gasteiger partial charge >= 0.3 is 67.4 Å². The number of nitrogens with zero attached hydrogens (tertiary/aromatic N) is 1. The van der Waals surface area contributed by atoms with Gasteiger partial charge in [-0.25, -0.2) is 0 Å². The van der Waals surface area contributed by atoms with Crippen molar-refractivity contribution in [2.75, 3.05) is 11.2 Å². The Morgan fingerprint density at radius 3 is 2.43 bits per heavy atom. The molecule has 0 saturated carbocycles. The number of carbonyl (C=O) groups excluding carboxylic acids is 1. The summed E-state index contributed by atoms with van der Waals surface area (Å²) in [6, 6.07) is 0. The minimum absolute atomic E-state index is 0.0255. The zero-order chi connectivity index (χ0) is 5.86. The predicted octanol–water partition coefficient (Wildman–Crippen LogP) is 0.559. The van der Waals surface area contributed by atoms with Crippen LogP contribution in [-0.4, -0.2) is 46.6 Å². The summed E-state index contributed by atoms with van der Waals surface area (Å²) < 4.78 is 0.893. The van der Waals surface area contributed by atoms with Crippen LogP contribution in [0, 0.1) is 0 Å². The number of carbonyl (C=O) groups is 1. The van der Waals surface area contributed by atoms with Crippen molar-refractivity contribution in [1.29, 1.82) is 0 Å². The normalized spacial score (nSPS) is 8.43. The van der Waals surface area contributed by atoms with Crippen molar-refractivity contribution in [2.45, 2.75) is 0 Å². The minimum atomic E-state index is -0.0255. The molecule has 0 rings (SSSR count). The monoisotopic (exact) mass is 358 g/mol. The number of hydrogen-bond donors (Lipinski definition) is 0. The van der Waals surface area contributed by atoms with Gasteiger partial charge in [-0.1, -0.05) is 0 Å². The van der Waals surface area contributed by atoms with Crippen LogP contribution >= 0.6 is 15.9 Å². The Bertz CT molecular complexity index is 77.3. The fraction of sp³-hybridized carbons (Fsp3) is 0.667. The van der Waals surface area contributed by atoms with Crippen LogP contribution in [0.2, 0.25) is 0 Å². The zero-order valence-electron chi connectivity index (χ0n) is 3.94. The maximum atomic E-state index is 10.2. The second-order valence-corrected chi connectivity index (χ2v) is 3.02. The fourth-order valence-electron chi connectivity index (χ4n) is 0.0622. The summed E-state index contributed by atoms with van der Waals surface area (Å²) in [6.45, 7) is 0. The van der Waals surface area contributed by atoms with Gasteiger partial charge < -0.3 is 0 Å². The SMILES string of the molecule is CN([CH2][Pb])C(=O)Br. The Kier molecular flexibility index (Phi) is 4.30. The summed E-state index contributed by atoms with van der Waals surface area (Å²) in [7, 11) is 1.77. The van der Waals surface area contributed by atoms with Crippen LogP contribution < -0.4 is 0 Å². The molecule has 0 aliphatic heterocycles. The van der Waals surface area contributed by atoms with E-state index in [0.717, 1.165) is 29.9 Å². The average Bonchev–Trinajstić information content (AvgIpc) is 1.65. The first-order valence-electron chi connectivity index (χ1n) is 1.73. The van der Waals surface area contributed by atoms with Crippen molar-refractivity contribution in [2.24, 2.45) is 0 Å². The van der Waals surface area contributed by atoms with E-state index in [1.807, 2.05) is 0 Å². The summed E-state index contributed by atoms with van der Waals surface area (Å²) in [5.41, 5.74) is 0. The molecule has 0 aromatic carbocycles. The summed E-state index contributed by atoms with van der Waals surface area (Å²) in [5.74, 6) is 0. The third kappa shape index (κ3) is 3.45. The van der Waals surface area contributed by atoms with Gasteiger partial charge in [0, 0.05) is 0 Å². The third-order valence-corrected chi connectivity index (χ3v) is 2.99. The molecule has 2 nitrogen and oxygen atoms in total. The van der Waals surface area contributed by atoms with E-state index in [1.165, 1.54) is 0 Å². The molecular formula is C3H5BrNOPb. The number of hydrogen-bond acceptors (Lipinski definition) is 1. The molecule has 0 bridgehead atoms. The van der Waals surface area contributed by atoms with Crippen molar-refractivity contribution in [3.63, 3.8) is 0 Å². The summed E-state index contributed by atoms with van der Waals surface area (Å²) in [5, 5.41) is 0. The molecule has 1 amide bonds. The zero-order valence-corrected chi connectivity index (χ0v) is 9.41. The maximum absolute atomic E-state index is 10.2. The molecule has 0 aromatic rings. The van der Waals surface area contributed by atoms with Gasteiger partial charge in [-0.3, -0.25) is 0 Å². The van der Waals surface area contributed by atoms with E-state index in [0.29, 0.717) is 0 Å². The molecule has 39 valence electrons. The first kappa shape index (κ1) is 7.87. The van der Waals surface area contributed by atoms with Crippen LogP contribution in [-0.2, 0) is 0 Å². The van der Waals surface area contributed by atoms with E-state index < -0.39 is 0 Å². The van der Waals surface area contributed by atoms with Crippen LogP contribution in [0.25, 0.3) is 0 Å². The summed E-state index contributed by atoms with van der Waals surface area (Å²) in [6.07, 6.45) is 0. The van der Waals surface area contributed by atoms with Gasteiger partial charge in [0.1, 0.15) is 0 Å². The Hall–Kier alpha value is 0.872. The van der Waals surface area contributed by atoms with E-state index in [4.69, 9.17) is 0 Å². The van der Waals surface area contributed by atoms with Crippen molar-refractivity contribution in [3.05, 3.63) is 0 Å². The van der Waals surface area contributed by atoms with E-state index in [-0.39, 0.29) is 4.82 Å². The second-order valence-electron chi connectivity index (χ2n) is 1.11. The van der Waals surface area contributed by atoms with Gasteiger partial charge in [0.25, 0.3) is 0 Å². The number of rotatable bonds is 1. The Labute approximate surface area is 67.1 Å². The molecule has 0 atom stereocenters. The molecule has 0 unspecified atom stereocenters. The van der Waals surface area contributed by atoms with Crippen molar-refractivity contribution in [1.82, 2.24) is 4.90 Å². The van der Waals surface area contributed by atoms with E-state index in [1.54, 1.807) is 11.9 Å². The van der Waals surface area contributed by atoms with Crippen LogP contribution in [0.4, 0.5) is 4.79 Å². The summed E-state index contributed by atoms with van der Waals surface area (Å²) >= 11 is 3.85. The van der Waals surface area contributed by atoms with E-state index in [2.05, 4.69) is 15.9 Å². The van der Waals surface area contributed by atoms with Gasteiger partial charge in [-0.05, 0) is 0 Å². The van der Waals surface area contributed by atoms with Crippen molar-refractivity contribution >= 4 is 46.5 Å². The first-order valence-corrected chi connectivity index (χ1v) is 5.28. The molecule has 0 fully saturated rings. The molecule has 7 heavy (non-hydrogen) atoms. The van der Waals surface area contributed by atoms with Crippen LogP contribution in [0.1, 0.15) is 0 Å². The predicted molar refractivity (Wildman–Crippen MR) is 32.7 cm³/mol. The van der Waals surface area contributed by atoms with E-state index >= 15 is 0 Å². The van der Waals surface area contributed by atoms with E-state index in [9.17, 15) is 4.79 Å². The number of halogens is 1.